The summed E-state index contributed by atoms with van der Waals surface area (Å²) in [6.45, 7) is 0.701. The highest BCUT2D eigenvalue weighted by molar-refractivity contribution is 8.03. The number of aryl methyl sites for hydroxylation is 1. The molecule has 0 fully saturated rings. The van der Waals surface area contributed by atoms with Crippen molar-refractivity contribution in [2.45, 2.75) is 27.3 Å². The number of thioether (sulfide) groups is 2. The van der Waals surface area contributed by atoms with Crippen LogP contribution < -0.4 is 5.32 Å². The summed E-state index contributed by atoms with van der Waals surface area (Å²) in [5.41, 5.74) is 1.30. The van der Waals surface area contributed by atoms with Crippen LogP contribution in [0.5, 0.6) is 0 Å². The number of hydrogen-bond donors (Lipinski definition) is 1. The number of nitrogens with one attached hydrogen (secondary N) is 1. The van der Waals surface area contributed by atoms with Gasteiger partial charge >= 0.3 is 0 Å². The van der Waals surface area contributed by atoms with Crippen LogP contribution in [0, 0.1) is 0 Å². The zero-order valence-electron chi connectivity index (χ0n) is 14.1. The number of aromatic nitrogens is 2. The van der Waals surface area contributed by atoms with Crippen LogP contribution in [-0.2, 0) is 17.0 Å². The largest absolute Gasteiger partial charge is 0.355 e. The van der Waals surface area contributed by atoms with E-state index in [1.807, 2.05) is 18.2 Å². The van der Waals surface area contributed by atoms with Crippen LogP contribution in [0.1, 0.15) is 16.9 Å². The third-order valence-electron chi connectivity index (χ3n) is 3.44. The van der Waals surface area contributed by atoms with Gasteiger partial charge in [-0.3, -0.25) is 4.79 Å². The molecule has 2 aromatic heterocycles. The predicted octanol–water partition coefficient (Wildman–Crippen LogP) is 4.73. The fourth-order valence-electron chi connectivity index (χ4n) is 2.18. The third-order valence-corrected chi connectivity index (χ3v) is 7.74. The minimum Gasteiger partial charge on any atom is -0.355 e. The Kier molecular flexibility index (Phi) is 8.00. The molecule has 0 saturated heterocycles. The van der Waals surface area contributed by atoms with Gasteiger partial charge in [0, 0.05) is 17.2 Å². The zero-order valence-corrected chi connectivity index (χ0v) is 17.4. The Hall–Kier alpha value is -1.35. The Morgan fingerprint density at radius 1 is 1.04 bits per heavy atom. The Morgan fingerprint density at radius 3 is 2.62 bits per heavy atom. The predicted molar refractivity (Wildman–Crippen MR) is 112 cm³/mol. The van der Waals surface area contributed by atoms with E-state index >= 15 is 0 Å². The maximum Gasteiger partial charge on any atom is 0.230 e. The summed E-state index contributed by atoms with van der Waals surface area (Å²) >= 11 is 6.44. The molecule has 0 radical (unpaired) electrons. The van der Waals surface area contributed by atoms with E-state index < -0.39 is 0 Å². The van der Waals surface area contributed by atoms with Crippen molar-refractivity contribution in [2.24, 2.45) is 0 Å². The van der Waals surface area contributed by atoms with Crippen LogP contribution in [-0.4, -0.2) is 28.4 Å². The number of thiophene rings is 1. The minimum atomic E-state index is 0.0473. The summed E-state index contributed by atoms with van der Waals surface area (Å²) in [7, 11) is 0. The van der Waals surface area contributed by atoms with Crippen molar-refractivity contribution in [3.05, 3.63) is 58.3 Å². The first-order valence-electron chi connectivity index (χ1n) is 8.22. The molecule has 8 heteroatoms. The second-order valence-electron chi connectivity index (χ2n) is 5.43. The van der Waals surface area contributed by atoms with Gasteiger partial charge < -0.3 is 5.32 Å². The third kappa shape index (κ3) is 6.75. The summed E-state index contributed by atoms with van der Waals surface area (Å²) in [5.74, 6) is 1.35. The summed E-state index contributed by atoms with van der Waals surface area (Å²) in [6.07, 6.45) is 1.93. The molecule has 26 heavy (non-hydrogen) atoms. The lowest BCUT2D eigenvalue weighted by Gasteiger charge is -2.04. The monoisotopic (exact) mass is 421 g/mol. The summed E-state index contributed by atoms with van der Waals surface area (Å²) in [4.78, 5) is 13.3. The average Bonchev–Trinajstić information content (AvgIpc) is 3.34. The van der Waals surface area contributed by atoms with E-state index in [0.29, 0.717) is 12.3 Å². The number of carbonyl (C=O) groups is 1. The smallest absolute Gasteiger partial charge is 0.230 e. The van der Waals surface area contributed by atoms with Crippen LogP contribution in [0.4, 0.5) is 0 Å². The molecule has 3 rings (SSSR count). The van der Waals surface area contributed by atoms with E-state index in [-0.39, 0.29) is 5.91 Å². The average molecular weight is 422 g/mol. The first-order chi connectivity index (χ1) is 12.8. The lowest BCUT2D eigenvalue weighted by molar-refractivity contribution is -0.118. The number of carbonyl (C=O) groups excluding carboxylic acids is 1. The number of rotatable bonds is 10. The quantitative estimate of drug-likeness (QED) is 0.379. The molecule has 0 aliphatic carbocycles. The van der Waals surface area contributed by atoms with Crippen LogP contribution >= 0.6 is 46.2 Å². The molecule has 1 N–H and O–H groups in total. The van der Waals surface area contributed by atoms with E-state index in [2.05, 4.69) is 45.2 Å². The van der Waals surface area contributed by atoms with Crippen LogP contribution in [0.25, 0.3) is 0 Å². The molecule has 1 amide bonds. The van der Waals surface area contributed by atoms with Crippen molar-refractivity contribution in [3.63, 3.8) is 0 Å². The molecule has 0 unspecified atom stereocenters. The van der Waals surface area contributed by atoms with Crippen molar-refractivity contribution in [1.82, 2.24) is 15.5 Å². The van der Waals surface area contributed by atoms with Crippen molar-refractivity contribution in [2.75, 3.05) is 12.3 Å². The maximum atomic E-state index is 11.9. The van der Waals surface area contributed by atoms with Gasteiger partial charge in [0.15, 0.2) is 8.68 Å². The molecule has 0 bridgehead atoms. The molecule has 4 nitrogen and oxygen atoms in total. The molecule has 3 aromatic rings. The second kappa shape index (κ2) is 10.7. The van der Waals surface area contributed by atoms with Gasteiger partial charge in [-0.25, -0.2) is 0 Å². The Labute approximate surface area is 169 Å². The molecule has 0 spiro atoms. The number of hydrogen-bond acceptors (Lipinski definition) is 7. The van der Waals surface area contributed by atoms with Gasteiger partial charge in [-0.1, -0.05) is 71.3 Å². The fraction of sp³-hybridized carbons (Fsp3) is 0.278. The van der Waals surface area contributed by atoms with Gasteiger partial charge in [-0.2, -0.15) is 0 Å². The number of amides is 1. The fourth-order valence-corrected chi connectivity index (χ4v) is 5.81. The van der Waals surface area contributed by atoms with Crippen LogP contribution in [0.3, 0.4) is 0 Å². The van der Waals surface area contributed by atoms with Gasteiger partial charge in [-0.15, -0.1) is 21.5 Å². The highest BCUT2D eigenvalue weighted by Crippen LogP contribution is 2.31. The molecule has 0 saturated carbocycles. The van der Waals surface area contributed by atoms with Crippen LogP contribution in [0.15, 0.2) is 56.5 Å². The normalized spacial score (nSPS) is 10.8. The highest BCUT2D eigenvalue weighted by atomic mass is 32.2. The first kappa shape index (κ1) is 19.4. The Balaban J connectivity index is 1.30. The summed E-state index contributed by atoms with van der Waals surface area (Å²) in [6, 6.07) is 14.5. The molecular weight excluding hydrogens is 402 g/mol. The lowest BCUT2D eigenvalue weighted by atomic mass is 10.1. The van der Waals surface area contributed by atoms with Crippen molar-refractivity contribution >= 4 is 52.1 Å². The summed E-state index contributed by atoms with van der Waals surface area (Å²) in [5, 5.41) is 13.4. The number of benzene rings is 1. The Bertz CT molecular complexity index is 790. The maximum absolute atomic E-state index is 11.9. The van der Waals surface area contributed by atoms with Crippen LogP contribution in [0.2, 0.25) is 0 Å². The zero-order chi connectivity index (χ0) is 18.0. The molecule has 0 atom stereocenters. The van der Waals surface area contributed by atoms with Crippen molar-refractivity contribution in [3.8, 4) is 0 Å². The first-order valence-corrected chi connectivity index (χ1v) is 11.9. The van der Waals surface area contributed by atoms with E-state index in [1.165, 1.54) is 22.2 Å². The van der Waals surface area contributed by atoms with Crippen molar-refractivity contribution in [1.29, 1.82) is 0 Å². The highest BCUT2D eigenvalue weighted by Gasteiger charge is 2.09. The van der Waals surface area contributed by atoms with Gasteiger partial charge in [0.25, 0.3) is 0 Å². The minimum absolute atomic E-state index is 0.0473. The standard InChI is InChI=1S/C18H19N3OS4/c22-16(19-10-4-8-14-6-2-1-3-7-14)13-25-18-21-20-17(26-18)24-12-15-9-5-11-23-15/h1-3,5-7,9,11H,4,8,10,12-13H2,(H,19,22). The van der Waals surface area contributed by atoms with E-state index in [1.54, 1.807) is 34.4 Å². The van der Waals surface area contributed by atoms with E-state index in [9.17, 15) is 4.79 Å². The van der Waals surface area contributed by atoms with Gasteiger partial charge in [0.2, 0.25) is 5.91 Å². The molecule has 0 aliphatic heterocycles. The van der Waals surface area contributed by atoms with Gasteiger partial charge in [-0.05, 0) is 29.9 Å². The molecule has 2 heterocycles. The van der Waals surface area contributed by atoms with Crippen molar-refractivity contribution < 1.29 is 4.79 Å². The van der Waals surface area contributed by atoms with E-state index in [0.717, 1.165) is 27.3 Å². The lowest BCUT2D eigenvalue weighted by Crippen LogP contribution is -2.26. The number of nitrogens with zero attached hydrogens (tertiary/aromatic N) is 2. The van der Waals surface area contributed by atoms with Gasteiger partial charge in [0.1, 0.15) is 0 Å². The Morgan fingerprint density at radius 2 is 1.85 bits per heavy atom. The SMILES string of the molecule is O=C(CSc1nnc(SCc2cccs2)s1)NCCCc1ccccc1. The van der Waals surface area contributed by atoms with Gasteiger partial charge in [0.05, 0.1) is 5.75 Å². The summed E-state index contributed by atoms with van der Waals surface area (Å²) < 4.78 is 1.79. The molecule has 136 valence electrons. The second-order valence-corrected chi connectivity index (χ2v) is 9.88. The topological polar surface area (TPSA) is 54.9 Å². The van der Waals surface area contributed by atoms with E-state index in [4.69, 9.17) is 0 Å². The molecule has 1 aromatic carbocycles. The molecular formula is C18H19N3OS4. The molecule has 0 aliphatic rings.